The van der Waals surface area contributed by atoms with Gasteiger partial charge in [-0.15, -0.1) is 0 Å². The van der Waals surface area contributed by atoms with Gasteiger partial charge in [0.15, 0.2) is 0 Å². The zero-order valence-corrected chi connectivity index (χ0v) is 13.1. The fourth-order valence-electron chi connectivity index (χ4n) is 2.01. The van der Waals surface area contributed by atoms with Gasteiger partial charge in [0, 0.05) is 6.54 Å². The molecule has 1 aromatic carbocycles. The zero-order chi connectivity index (χ0) is 14.6. The third-order valence-corrected chi connectivity index (χ3v) is 3.80. The molecule has 0 aliphatic heterocycles. The SMILES string of the molecule is COc1cc(C)c(CCNS(C)(=O)=O)cc1C(C)C. The van der Waals surface area contributed by atoms with Gasteiger partial charge in [0.05, 0.1) is 13.4 Å². The number of aryl methyl sites for hydroxylation is 1. The number of sulfonamides is 1. The van der Waals surface area contributed by atoms with Crippen molar-refractivity contribution in [3.05, 3.63) is 28.8 Å². The van der Waals surface area contributed by atoms with Crippen LogP contribution in [0, 0.1) is 6.92 Å². The Hall–Kier alpha value is -1.07. The summed E-state index contributed by atoms with van der Waals surface area (Å²) in [5.41, 5.74) is 3.43. The van der Waals surface area contributed by atoms with Gasteiger partial charge >= 0.3 is 0 Å². The van der Waals surface area contributed by atoms with E-state index in [1.54, 1.807) is 7.11 Å². The number of benzene rings is 1. The van der Waals surface area contributed by atoms with Crippen LogP contribution in [0.4, 0.5) is 0 Å². The number of hydrogen-bond donors (Lipinski definition) is 1. The summed E-state index contributed by atoms with van der Waals surface area (Å²) in [6, 6.07) is 4.13. The van der Waals surface area contributed by atoms with Crippen molar-refractivity contribution in [2.45, 2.75) is 33.1 Å². The molecule has 1 rings (SSSR count). The second-order valence-corrected chi connectivity index (χ2v) is 6.92. The minimum atomic E-state index is -3.12. The molecule has 0 bridgehead atoms. The number of nitrogens with one attached hydrogen (secondary N) is 1. The standard InChI is InChI=1S/C14H23NO3S/c1-10(2)13-9-12(6-7-15-19(5,16)17)11(3)8-14(13)18-4/h8-10,15H,6-7H2,1-5H3. The largest absolute Gasteiger partial charge is 0.496 e. The third kappa shape index (κ3) is 4.84. The van der Waals surface area contributed by atoms with Crippen LogP contribution in [0.3, 0.4) is 0 Å². The van der Waals surface area contributed by atoms with Gasteiger partial charge in [0.1, 0.15) is 5.75 Å². The van der Waals surface area contributed by atoms with Crippen LogP contribution in [0.5, 0.6) is 5.75 Å². The van der Waals surface area contributed by atoms with Gasteiger partial charge in [-0.25, -0.2) is 13.1 Å². The second-order valence-electron chi connectivity index (χ2n) is 5.09. The molecule has 0 saturated heterocycles. The summed E-state index contributed by atoms with van der Waals surface area (Å²) in [5, 5.41) is 0. The Bertz CT molecular complexity index is 536. The van der Waals surface area contributed by atoms with Crippen molar-refractivity contribution >= 4 is 10.0 Å². The van der Waals surface area contributed by atoms with E-state index in [1.165, 1.54) is 6.26 Å². The first-order chi connectivity index (χ1) is 8.74. The monoisotopic (exact) mass is 285 g/mol. The van der Waals surface area contributed by atoms with Gasteiger partial charge in [0.25, 0.3) is 0 Å². The minimum Gasteiger partial charge on any atom is -0.496 e. The van der Waals surface area contributed by atoms with Gasteiger partial charge in [-0.05, 0) is 42.0 Å². The summed E-state index contributed by atoms with van der Waals surface area (Å²) in [6.45, 7) is 6.67. The summed E-state index contributed by atoms with van der Waals surface area (Å²) in [4.78, 5) is 0. The van der Waals surface area contributed by atoms with Gasteiger partial charge < -0.3 is 4.74 Å². The van der Waals surface area contributed by atoms with E-state index < -0.39 is 10.0 Å². The highest BCUT2D eigenvalue weighted by Gasteiger charge is 2.11. The van der Waals surface area contributed by atoms with Crippen molar-refractivity contribution in [2.75, 3.05) is 19.9 Å². The van der Waals surface area contributed by atoms with Gasteiger partial charge in [-0.2, -0.15) is 0 Å². The van der Waals surface area contributed by atoms with Gasteiger partial charge in [-0.1, -0.05) is 19.9 Å². The lowest BCUT2D eigenvalue weighted by molar-refractivity contribution is 0.407. The maximum atomic E-state index is 11.1. The molecule has 0 heterocycles. The lowest BCUT2D eigenvalue weighted by Gasteiger charge is -2.16. The Morgan fingerprint density at radius 2 is 1.95 bits per heavy atom. The van der Waals surface area contributed by atoms with E-state index in [1.807, 2.05) is 13.0 Å². The molecule has 0 aromatic heterocycles. The van der Waals surface area contributed by atoms with Crippen LogP contribution in [0.25, 0.3) is 0 Å². The predicted molar refractivity (Wildman–Crippen MR) is 78.4 cm³/mol. The van der Waals surface area contributed by atoms with Crippen molar-refractivity contribution < 1.29 is 13.2 Å². The second kappa shape index (κ2) is 6.39. The molecule has 0 saturated carbocycles. The summed E-state index contributed by atoms with van der Waals surface area (Å²) >= 11 is 0. The summed E-state index contributed by atoms with van der Waals surface area (Å²) in [5.74, 6) is 1.27. The summed E-state index contributed by atoms with van der Waals surface area (Å²) < 4.78 is 30.0. The molecule has 19 heavy (non-hydrogen) atoms. The Balaban J connectivity index is 2.92. The van der Waals surface area contributed by atoms with Gasteiger partial charge in [-0.3, -0.25) is 0 Å². The molecule has 0 fully saturated rings. The third-order valence-electron chi connectivity index (χ3n) is 3.07. The summed E-state index contributed by atoms with van der Waals surface area (Å²) in [7, 11) is -1.45. The molecular formula is C14H23NO3S. The van der Waals surface area contributed by atoms with Crippen LogP contribution in [0.15, 0.2) is 12.1 Å². The van der Waals surface area contributed by atoms with Crippen LogP contribution >= 0.6 is 0 Å². The van der Waals surface area contributed by atoms with E-state index in [0.717, 1.165) is 22.4 Å². The Labute approximate surface area is 116 Å². The maximum Gasteiger partial charge on any atom is 0.208 e. The molecule has 0 radical (unpaired) electrons. The molecule has 0 unspecified atom stereocenters. The lowest BCUT2D eigenvalue weighted by Crippen LogP contribution is -2.24. The first kappa shape index (κ1) is 16.0. The Morgan fingerprint density at radius 1 is 1.32 bits per heavy atom. The molecule has 0 aliphatic rings. The lowest BCUT2D eigenvalue weighted by atomic mass is 9.95. The number of rotatable bonds is 6. The number of ether oxygens (including phenoxy) is 1. The van der Waals surface area contributed by atoms with Crippen molar-refractivity contribution in [1.29, 1.82) is 0 Å². The average molecular weight is 285 g/mol. The first-order valence-corrected chi connectivity index (χ1v) is 8.25. The zero-order valence-electron chi connectivity index (χ0n) is 12.3. The van der Waals surface area contributed by atoms with Crippen molar-refractivity contribution in [3.63, 3.8) is 0 Å². The fourth-order valence-corrected chi connectivity index (χ4v) is 2.49. The summed E-state index contributed by atoms with van der Waals surface area (Å²) in [6.07, 6.45) is 1.86. The molecular weight excluding hydrogens is 262 g/mol. The van der Waals surface area contributed by atoms with Crippen molar-refractivity contribution in [1.82, 2.24) is 4.72 Å². The molecule has 5 heteroatoms. The molecule has 0 atom stereocenters. The highest BCUT2D eigenvalue weighted by atomic mass is 32.2. The van der Waals surface area contributed by atoms with Gasteiger partial charge in [0.2, 0.25) is 10.0 Å². The molecule has 0 aliphatic carbocycles. The maximum absolute atomic E-state index is 11.1. The molecule has 1 aromatic rings. The predicted octanol–water partition coefficient (Wildman–Crippen LogP) is 2.22. The number of methoxy groups -OCH3 is 1. The average Bonchev–Trinajstić information content (AvgIpc) is 2.28. The highest BCUT2D eigenvalue weighted by Crippen LogP contribution is 2.29. The number of hydrogen-bond acceptors (Lipinski definition) is 3. The van der Waals surface area contributed by atoms with Crippen LogP contribution in [-0.2, 0) is 16.4 Å². The van der Waals surface area contributed by atoms with Crippen LogP contribution < -0.4 is 9.46 Å². The molecule has 1 N–H and O–H groups in total. The highest BCUT2D eigenvalue weighted by molar-refractivity contribution is 7.88. The first-order valence-electron chi connectivity index (χ1n) is 6.36. The molecule has 108 valence electrons. The Morgan fingerprint density at radius 3 is 2.42 bits per heavy atom. The molecule has 0 amide bonds. The van der Waals surface area contributed by atoms with E-state index in [-0.39, 0.29) is 0 Å². The molecule has 4 nitrogen and oxygen atoms in total. The van der Waals surface area contributed by atoms with E-state index in [4.69, 9.17) is 4.74 Å². The van der Waals surface area contributed by atoms with Crippen LogP contribution in [0.1, 0.15) is 36.5 Å². The fraction of sp³-hybridized carbons (Fsp3) is 0.571. The Kier molecular flexibility index (Phi) is 5.38. The van der Waals surface area contributed by atoms with Crippen LogP contribution in [-0.4, -0.2) is 28.3 Å². The quantitative estimate of drug-likeness (QED) is 0.872. The van der Waals surface area contributed by atoms with E-state index in [0.29, 0.717) is 18.9 Å². The molecule has 0 spiro atoms. The van der Waals surface area contributed by atoms with E-state index in [2.05, 4.69) is 24.6 Å². The van der Waals surface area contributed by atoms with Crippen molar-refractivity contribution in [2.24, 2.45) is 0 Å². The normalized spacial score (nSPS) is 11.9. The van der Waals surface area contributed by atoms with E-state index in [9.17, 15) is 8.42 Å². The smallest absolute Gasteiger partial charge is 0.208 e. The minimum absolute atomic E-state index is 0.372. The van der Waals surface area contributed by atoms with Crippen LogP contribution in [0.2, 0.25) is 0 Å². The van der Waals surface area contributed by atoms with E-state index >= 15 is 0 Å². The topological polar surface area (TPSA) is 55.4 Å². The van der Waals surface area contributed by atoms with Crippen molar-refractivity contribution in [3.8, 4) is 5.75 Å².